The smallest absolute Gasteiger partial charge is 0.269 e. The van der Waals surface area contributed by atoms with E-state index in [4.69, 9.17) is 0 Å². The molecule has 2 aromatic rings. The van der Waals surface area contributed by atoms with Crippen molar-refractivity contribution in [2.45, 2.75) is 55.0 Å². The minimum Gasteiger partial charge on any atom is -0.303 e. The van der Waals surface area contributed by atoms with E-state index < -0.39 is 0 Å². The number of thioether (sulfide) groups is 1. The van der Waals surface area contributed by atoms with E-state index >= 15 is 0 Å². The van der Waals surface area contributed by atoms with E-state index in [1.807, 2.05) is 6.07 Å². The van der Waals surface area contributed by atoms with Crippen LogP contribution >= 0.6 is 11.8 Å². The van der Waals surface area contributed by atoms with Gasteiger partial charge in [0.05, 0.1) is 5.25 Å². The van der Waals surface area contributed by atoms with Gasteiger partial charge in [0.1, 0.15) is 5.82 Å². The quantitative estimate of drug-likeness (QED) is 0.601. The van der Waals surface area contributed by atoms with Gasteiger partial charge < -0.3 is 4.57 Å². The van der Waals surface area contributed by atoms with Crippen LogP contribution in [0, 0.1) is 0 Å². The van der Waals surface area contributed by atoms with Gasteiger partial charge in [0.2, 0.25) is 0 Å². The van der Waals surface area contributed by atoms with Gasteiger partial charge >= 0.3 is 0 Å². The van der Waals surface area contributed by atoms with Crippen molar-refractivity contribution in [3.8, 4) is 0 Å². The normalized spacial score (nSPS) is 17.6. The zero-order chi connectivity index (χ0) is 18.1. The highest BCUT2D eigenvalue weighted by Crippen LogP contribution is 2.46. The van der Waals surface area contributed by atoms with Crippen molar-refractivity contribution in [1.82, 2.24) is 25.6 Å². The van der Waals surface area contributed by atoms with Crippen LogP contribution in [0.15, 0.2) is 35.5 Å². The van der Waals surface area contributed by atoms with Gasteiger partial charge in [0.15, 0.2) is 5.16 Å². The lowest BCUT2D eigenvalue weighted by Gasteiger charge is -2.13. The number of benzene rings is 1. The molecule has 2 aliphatic rings. The van der Waals surface area contributed by atoms with E-state index in [2.05, 4.69) is 25.6 Å². The molecule has 0 saturated heterocycles. The minimum absolute atomic E-state index is 0.266. The summed E-state index contributed by atoms with van der Waals surface area (Å²) in [6.07, 6.45) is 4.66. The monoisotopic (exact) mass is 371 g/mol. The number of aromatic nitrogens is 3. The summed E-state index contributed by atoms with van der Waals surface area (Å²) in [6, 6.07) is 9.25. The van der Waals surface area contributed by atoms with Crippen molar-refractivity contribution in [3.63, 3.8) is 0 Å². The lowest BCUT2D eigenvalue weighted by atomic mass is 10.2. The molecule has 2 aliphatic carbocycles. The summed E-state index contributed by atoms with van der Waals surface area (Å²) < 4.78 is 2.22. The first kappa shape index (κ1) is 17.1. The highest BCUT2D eigenvalue weighted by Gasteiger charge is 2.37. The topological polar surface area (TPSA) is 88.9 Å². The summed E-state index contributed by atoms with van der Waals surface area (Å²) in [5, 5.41) is 9.08. The van der Waals surface area contributed by atoms with Crippen LogP contribution in [0.1, 0.15) is 60.7 Å². The van der Waals surface area contributed by atoms with Crippen molar-refractivity contribution < 1.29 is 9.59 Å². The second-order valence-electron chi connectivity index (χ2n) is 6.79. The zero-order valence-electron chi connectivity index (χ0n) is 14.5. The zero-order valence-corrected chi connectivity index (χ0v) is 15.3. The van der Waals surface area contributed by atoms with Gasteiger partial charge in [-0.2, -0.15) is 0 Å². The molecule has 2 amide bonds. The molecule has 1 atom stereocenters. The van der Waals surface area contributed by atoms with E-state index in [1.165, 1.54) is 24.6 Å². The fraction of sp³-hybridized carbons (Fsp3) is 0.444. The second-order valence-corrected chi connectivity index (χ2v) is 8.09. The Hall–Kier alpha value is -2.35. The fourth-order valence-corrected chi connectivity index (χ4v) is 3.68. The number of amides is 2. The Morgan fingerprint density at radius 1 is 1.12 bits per heavy atom. The number of hydrogen-bond acceptors (Lipinski definition) is 5. The van der Waals surface area contributed by atoms with Crippen LogP contribution in [-0.2, 0) is 4.79 Å². The average molecular weight is 371 g/mol. The molecule has 1 aromatic heterocycles. The van der Waals surface area contributed by atoms with Gasteiger partial charge in [-0.25, -0.2) is 0 Å². The standard InChI is InChI=1S/C18H21N5O2S/c1-11(16(24)20-21-17(25)13-5-3-2-4-6-13)26-18-22-19-15(12-7-8-12)23(18)14-9-10-14/h2-6,11-12,14H,7-10H2,1H3,(H,20,24)(H,21,25)/t11-/m1/s1. The van der Waals surface area contributed by atoms with Crippen LogP contribution < -0.4 is 10.9 Å². The lowest BCUT2D eigenvalue weighted by molar-refractivity contribution is -0.121. The molecule has 136 valence electrons. The van der Waals surface area contributed by atoms with Crippen LogP contribution in [0.5, 0.6) is 0 Å². The Bertz CT molecular complexity index is 814. The summed E-state index contributed by atoms with van der Waals surface area (Å²) >= 11 is 1.39. The Morgan fingerprint density at radius 3 is 2.50 bits per heavy atom. The summed E-state index contributed by atoms with van der Waals surface area (Å²) in [5.41, 5.74) is 5.44. The number of hydrazine groups is 1. The molecule has 7 nitrogen and oxygen atoms in total. The fourth-order valence-electron chi connectivity index (χ4n) is 2.76. The molecule has 0 unspecified atom stereocenters. The Kier molecular flexibility index (Phi) is 4.67. The van der Waals surface area contributed by atoms with Crippen molar-refractivity contribution in [2.75, 3.05) is 0 Å². The van der Waals surface area contributed by atoms with Crippen molar-refractivity contribution in [2.24, 2.45) is 0 Å². The molecule has 2 fully saturated rings. The van der Waals surface area contributed by atoms with Gasteiger partial charge in [0, 0.05) is 17.5 Å². The first-order valence-corrected chi connectivity index (χ1v) is 9.78. The third kappa shape index (κ3) is 3.75. The highest BCUT2D eigenvalue weighted by molar-refractivity contribution is 8.00. The van der Waals surface area contributed by atoms with Gasteiger partial charge in [-0.05, 0) is 44.7 Å². The Labute approximate surface area is 155 Å². The SMILES string of the molecule is C[C@@H](Sc1nnc(C2CC2)n1C1CC1)C(=O)NNC(=O)c1ccccc1. The molecule has 2 N–H and O–H groups in total. The number of carbonyl (C=O) groups is 2. The van der Waals surface area contributed by atoms with Gasteiger partial charge in [-0.1, -0.05) is 30.0 Å². The number of rotatable bonds is 6. The van der Waals surface area contributed by atoms with Gasteiger partial charge in [-0.3, -0.25) is 20.4 Å². The van der Waals surface area contributed by atoms with E-state index in [-0.39, 0.29) is 17.1 Å². The van der Waals surface area contributed by atoms with Crippen LogP contribution in [0.4, 0.5) is 0 Å². The van der Waals surface area contributed by atoms with Crippen molar-refractivity contribution in [3.05, 3.63) is 41.7 Å². The third-order valence-corrected chi connectivity index (χ3v) is 5.59. The predicted molar refractivity (Wildman–Crippen MR) is 97.6 cm³/mol. The predicted octanol–water partition coefficient (Wildman–Crippen LogP) is 2.43. The highest BCUT2D eigenvalue weighted by atomic mass is 32.2. The second kappa shape index (κ2) is 7.11. The molecule has 1 heterocycles. The molecule has 4 rings (SSSR count). The molecular formula is C18H21N5O2S. The van der Waals surface area contributed by atoms with E-state index in [0.29, 0.717) is 17.5 Å². The number of carbonyl (C=O) groups excluding carboxylic acids is 2. The van der Waals surface area contributed by atoms with Crippen LogP contribution in [0.25, 0.3) is 0 Å². The molecule has 2 saturated carbocycles. The molecule has 8 heteroatoms. The minimum atomic E-state index is -0.389. The average Bonchev–Trinajstić information content (AvgIpc) is 3.59. The van der Waals surface area contributed by atoms with Crippen molar-refractivity contribution >= 4 is 23.6 Å². The van der Waals surface area contributed by atoms with Crippen molar-refractivity contribution in [1.29, 1.82) is 0 Å². The molecule has 26 heavy (non-hydrogen) atoms. The van der Waals surface area contributed by atoms with E-state index in [0.717, 1.165) is 23.8 Å². The third-order valence-electron chi connectivity index (χ3n) is 4.53. The largest absolute Gasteiger partial charge is 0.303 e. The summed E-state index contributed by atoms with van der Waals surface area (Å²) in [4.78, 5) is 24.3. The summed E-state index contributed by atoms with van der Waals surface area (Å²) in [5.74, 6) is 0.998. The molecule has 1 aromatic carbocycles. The molecule has 0 bridgehead atoms. The lowest BCUT2D eigenvalue weighted by Crippen LogP contribution is -2.44. The summed E-state index contributed by atoms with van der Waals surface area (Å²) in [7, 11) is 0. The molecule has 0 radical (unpaired) electrons. The molecule has 0 spiro atoms. The molecule has 0 aliphatic heterocycles. The first-order valence-electron chi connectivity index (χ1n) is 8.90. The first-order chi connectivity index (χ1) is 12.6. The maximum Gasteiger partial charge on any atom is 0.269 e. The molecular weight excluding hydrogens is 350 g/mol. The van der Waals surface area contributed by atoms with Crippen LogP contribution in [0.2, 0.25) is 0 Å². The maximum atomic E-state index is 12.3. The number of nitrogens with one attached hydrogen (secondary N) is 2. The van der Waals surface area contributed by atoms with E-state index in [1.54, 1.807) is 31.2 Å². The van der Waals surface area contributed by atoms with Crippen LogP contribution in [-0.4, -0.2) is 31.8 Å². The van der Waals surface area contributed by atoms with Gasteiger partial charge in [-0.15, -0.1) is 10.2 Å². The van der Waals surface area contributed by atoms with Crippen LogP contribution in [0.3, 0.4) is 0 Å². The van der Waals surface area contributed by atoms with E-state index in [9.17, 15) is 9.59 Å². The number of nitrogens with zero attached hydrogens (tertiary/aromatic N) is 3. The Morgan fingerprint density at radius 2 is 1.85 bits per heavy atom. The summed E-state index contributed by atoms with van der Waals surface area (Å²) in [6.45, 7) is 1.80. The number of hydrogen-bond donors (Lipinski definition) is 2. The van der Waals surface area contributed by atoms with Gasteiger partial charge in [0.25, 0.3) is 11.8 Å². The maximum absolute atomic E-state index is 12.3. The Balaban J connectivity index is 1.35.